The molecule has 0 bridgehead atoms. The second-order valence-corrected chi connectivity index (χ2v) is 5.87. The van der Waals surface area contributed by atoms with Crippen LogP contribution in [-0.4, -0.2) is 36.2 Å². The van der Waals surface area contributed by atoms with Crippen molar-refractivity contribution in [1.82, 2.24) is 4.90 Å². The normalized spacial score (nSPS) is 13.2. The molecule has 0 aliphatic carbocycles. The number of hydrogen-bond donors (Lipinski definition) is 0. The SMILES string of the molecule is CN(C(=O)CCN1C(=O)c2cccc(Cl)c2C1=O)c1ccccc1. The zero-order valence-electron chi connectivity index (χ0n) is 13.0. The third-order valence-corrected chi connectivity index (χ3v) is 4.33. The van der Waals surface area contributed by atoms with Crippen LogP contribution in [0.25, 0.3) is 0 Å². The van der Waals surface area contributed by atoms with Crippen LogP contribution in [0.5, 0.6) is 0 Å². The van der Waals surface area contributed by atoms with Crippen molar-refractivity contribution in [2.75, 3.05) is 18.5 Å². The highest BCUT2D eigenvalue weighted by Gasteiger charge is 2.37. The summed E-state index contributed by atoms with van der Waals surface area (Å²) in [6.07, 6.45) is 0.0501. The molecule has 1 heterocycles. The number of rotatable bonds is 4. The summed E-state index contributed by atoms with van der Waals surface area (Å²) in [5.74, 6) is -1.03. The van der Waals surface area contributed by atoms with Crippen molar-refractivity contribution < 1.29 is 14.4 Å². The molecule has 5 nitrogen and oxygen atoms in total. The van der Waals surface area contributed by atoms with Crippen LogP contribution in [-0.2, 0) is 4.79 Å². The Morgan fingerprint density at radius 3 is 2.42 bits per heavy atom. The van der Waals surface area contributed by atoms with Crippen LogP contribution in [0, 0.1) is 0 Å². The summed E-state index contributed by atoms with van der Waals surface area (Å²) < 4.78 is 0. The molecule has 0 unspecified atom stereocenters. The van der Waals surface area contributed by atoms with Gasteiger partial charge in [0.25, 0.3) is 11.8 Å². The van der Waals surface area contributed by atoms with Gasteiger partial charge in [-0.25, -0.2) is 0 Å². The van der Waals surface area contributed by atoms with E-state index < -0.39 is 11.8 Å². The van der Waals surface area contributed by atoms with Crippen molar-refractivity contribution in [1.29, 1.82) is 0 Å². The Hall–Kier alpha value is -2.66. The summed E-state index contributed by atoms with van der Waals surface area (Å²) in [5.41, 5.74) is 1.26. The van der Waals surface area contributed by atoms with Crippen LogP contribution in [0.2, 0.25) is 5.02 Å². The van der Waals surface area contributed by atoms with Crippen LogP contribution in [0.1, 0.15) is 27.1 Å². The number of carbonyl (C=O) groups is 3. The highest BCUT2D eigenvalue weighted by Crippen LogP contribution is 2.29. The lowest BCUT2D eigenvalue weighted by Crippen LogP contribution is -2.35. The van der Waals surface area contributed by atoms with Gasteiger partial charge in [-0.1, -0.05) is 35.9 Å². The molecule has 0 atom stereocenters. The molecule has 2 aromatic rings. The third kappa shape index (κ3) is 2.78. The van der Waals surface area contributed by atoms with E-state index in [1.807, 2.05) is 30.3 Å². The van der Waals surface area contributed by atoms with Crippen molar-refractivity contribution in [2.24, 2.45) is 0 Å². The van der Waals surface area contributed by atoms with Crippen molar-refractivity contribution in [3.05, 3.63) is 64.7 Å². The lowest BCUT2D eigenvalue weighted by Gasteiger charge is -2.19. The van der Waals surface area contributed by atoms with E-state index >= 15 is 0 Å². The minimum absolute atomic E-state index is 0.0265. The van der Waals surface area contributed by atoms with Gasteiger partial charge in [0.1, 0.15) is 0 Å². The summed E-state index contributed by atoms with van der Waals surface area (Å²) in [4.78, 5) is 39.6. The van der Waals surface area contributed by atoms with Crippen LogP contribution in [0.15, 0.2) is 48.5 Å². The highest BCUT2D eigenvalue weighted by molar-refractivity contribution is 6.37. The molecule has 3 amide bonds. The number of benzene rings is 2. The number of nitrogens with zero attached hydrogens (tertiary/aromatic N) is 2. The molecule has 0 saturated heterocycles. The molecule has 24 heavy (non-hydrogen) atoms. The summed E-state index contributed by atoms with van der Waals surface area (Å²) in [6, 6.07) is 14.0. The van der Waals surface area contributed by atoms with E-state index in [1.165, 1.54) is 4.90 Å². The lowest BCUT2D eigenvalue weighted by molar-refractivity contribution is -0.118. The van der Waals surface area contributed by atoms with Crippen LogP contribution in [0.4, 0.5) is 5.69 Å². The topological polar surface area (TPSA) is 57.7 Å². The molecule has 6 heteroatoms. The number of para-hydroxylation sites is 1. The molecular formula is C18H15ClN2O3. The smallest absolute Gasteiger partial charge is 0.263 e. The Morgan fingerprint density at radius 1 is 1.04 bits per heavy atom. The minimum atomic E-state index is -0.448. The largest absolute Gasteiger partial charge is 0.315 e. The molecule has 0 radical (unpaired) electrons. The van der Waals surface area contributed by atoms with Gasteiger partial charge in [-0.05, 0) is 24.3 Å². The van der Waals surface area contributed by atoms with E-state index in [9.17, 15) is 14.4 Å². The molecule has 0 N–H and O–H groups in total. The average molecular weight is 343 g/mol. The fraction of sp³-hybridized carbons (Fsp3) is 0.167. The highest BCUT2D eigenvalue weighted by atomic mass is 35.5. The third-order valence-electron chi connectivity index (χ3n) is 4.02. The fourth-order valence-corrected chi connectivity index (χ4v) is 2.92. The molecular weight excluding hydrogens is 328 g/mol. The van der Waals surface area contributed by atoms with Crippen molar-refractivity contribution in [3.8, 4) is 0 Å². The summed E-state index contributed by atoms with van der Waals surface area (Å²) in [6.45, 7) is 0.0265. The van der Waals surface area contributed by atoms with Gasteiger partial charge in [0.2, 0.25) is 5.91 Å². The number of anilines is 1. The van der Waals surface area contributed by atoms with Gasteiger partial charge in [0.05, 0.1) is 16.1 Å². The standard InChI is InChI=1S/C18H15ClN2O3/c1-20(12-6-3-2-4-7-12)15(22)10-11-21-17(23)13-8-5-9-14(19)16(13)18(21)24/h2-9H,10-11H2,1H3. The molecule has 0 aromatic heterocycles. The van der Waals surface area contributed by atoms with Gasteiger partial charge in [-0.3, -0.25) is 19.3 Å². The monoisotopic (exact) mass is 342 g/mol. The number of imide groups is 1. The van der Waals surface area contributed by atoms with E-state index in [4.69, 9.17) is 11.6 Å². The van der Waals surface area contributed by atoms with Crippen molar-refractivity contribution in [3.63, 3.8) is 0 Å². The zero-order valence-corrected chi connectivity index (χ0v) is 13.8. The number of carbonyl (C=O) groups excluding carboxylic acids is 3. The minimum Gasteiger partial charge on any atom is -0.315 e. The summed E-state index contributed by atoms with van der Waals surface area (Å²) >= 11 is 6.01. The van der Waals surface area contributed by atoms with Crippen molar-refractivity contribution >= 4 is 35.0 Å². The summed E-state index contributed by atoms with van der Waals surface area (Å²) in [5, 5.41) is 0.251. The first-order valence-corrected chi connectivity index (χ1v) is 7.85. The van der Waals surface area contributed by atoms with Gasteiger partial charge in [0, 0.05) is 25.7 Å². The number of fused-ring (bicyclic) bond motifs is 1. The number of amides is 3. The van der Waals surface area contributed by atoms with Crippen LogP contribution >= 0.6 is 11.6 Å². The van der Waals surface area contributed by atoms with Gasteiger partial charge in [-0.2, -0.15) is 0 Å². The van der Waals surface area contributed by atoms with E-state index in [0.717, 1.165) is 10.6 Å². The quantitative estimate of drug-likeness (QED) is 0.803. The van der Waals surface area contributed by atoms with Gasteiger partial charge < -0.3 is 4.90 Å². The summed E-state index contributed by atoms with van der Waals surface area (Å²) in [7, 11) is 1.66. The Labute approximate surface area is 144 Å². The van der Waals surface area contributed by atoms with E-state index in [0.29, 0.717) is 0 Å². The van der Waals surface area contributed by atoms with Crippen LogP contribution in [0.3, 0.4) is 0 Å². The maximum absolute atomic E-state index is 12.4. The van der Waals surface area contributed by atoms with E-state index in [-0.39, 0.29) is 35.0 Å². The molecule has 1 aliphatic heterocycles. The maximum Gasteiger partial charge on any atom is 0.263 e. The van der Waals surface area contributed by atoms with Crippen LogP contribution < -0.4 is 4.90 Å². The Morgan fingerprint density at radius 2 is 1.75 bits per heavy atom. The molecule has 122 valence electrons. The van der Waals surface area contributed by atoms with Gasteiger partial charge in [0.15, 0.2) is 0 Å². The Bertz CT molecular complexity index is 820. The lowest BCUT2D eigenvalue weighted by atomic mass is 10.1. The molecule has 0 spiro atoms. The van der Waals surface area contributed by atoms with Gasteiger partial charge >= 0.3 is 0 Å². The first kappa shape index (κ1) is 16.2. The average Bonchev–Trinajstić information content (AvgIpc) is 2.85. The van der Waals surface area contributed by atoms with E-state index in [2.05, 4.69) is 0 Å². The first-order valence-electron chi connectivity index (χ1n) is 7.47. The number of halogens is 1. The second kappa shape index (κ2) is 6.45. The van der Waals surface area contributed by atoms with E-state index in [1.54, 1.807) is 25.2 Å². The van der Waals surface area contributed by atoms with Gasteiger partial charge in [-0.15, -0.1) is 0 Å². The fourth-order valence-electron chi connectivity index (χ4n) is 2.67. The zero-order chi connectivity index (χ0) is 17.3. The maximum atomic E-state index is 12.4. The first-order chi connectivity index (χ1) is 11.5. The Balaban J connectivity index is 1.70. The predicted molar refractivity (Wildman–Crippen MR) is 91.3 cm³/mol. The molecule has 0 saturated carbocycles. The van der Waals surface area contributed by atoms with Crippen molar-refractivity contribution in [2.45, 2.75) is 6.42 Å². The molecule has 0 fully saturated rings. The predicted octanol–water partition coefficient (Wildman–Crippen LogP) is 2.99. The number of hydrogen-bond acceptors (Lipinski definition) is 3. The Kier molecular flexibility index (Phi) is 4.36. The molecule has 1 aliphatic rings. The molecule has 3 rings (SSSR count). The second-order valence-electron chi connectivity index (χ2n) is 5.46. The molecule has 2 aromatic carbocycles.